The van der Waals surface area contributed by atoms with Gasteiger partial charge in [0.15, 0.2) is 5.11 Å². The number of carbonyl (C=O) groups is 2. The molecule has 0 bridgehead atoms. The van der Waals surface area contributed by atoms with E-state index in [1.807, 2.05) is 0 Å². The third kappa shape index (κ3) is 3.70. The Hall–Kier alpha value is -3.87. The highest BCUT2D eigenvalue weighted by Crippen LogP contribution is 2.48. The molecule has 1 aliphatic heterocycles. The van der Waals surface area contributed by atoms with Gasteiger partial charge in [-0.3, -0.25) is 14.5 Å². The SMILES string of the molecule is [C-]#[N+]c1ncc(N2C(=O)C3(CCC3)N(c3ccc(C(=O)Nc4ccccc4Cl)c(F)c3)C2=S)cc1C. The van der Waals surface area contributed by atoms with Crippen LogP contribution in [0.15, 0.2) is 54.7 Å². The molecule has 1 aliphatic carbocycles. The highest BCUT2D eigenvalue weighted by molar-refractivity contribution is 7.81. The number of hydrogen-bond acceptors (Lipinski definition) is 4. The third-order valence-corrected chi connectivity index (χ3v) is 7.27. The average molecular weight is 520 g/mol. The van der Waals surface area contributed by atoms with E-state index in [2.05, 4.69) is 15.1 Å². The molecule has 10 heteroatoms. The summed E-state index contributed by atoms with van der Waals surface area (Å²) in [6, 6.07) is 12.6. The van der Waals surface area contributed by atoms with Gasteiger partial charge in [-0.15, -0.1) is 4.98 Å². The Labute approximate surface area is 217 Å². The lowest BCUT2D eigenvalue weighted by atomic mass is 9.75. The molecule has 7 nitrogen and oxygen atoms in total. The molecule has 0 radical (unpaired) electrons. The number of hydrogen-bond donors (Lipinski definition) is 1. The van der Waals surface area contributed by atoms with Gasteiger partial charge in [0.05, 0.1) is 22.0 Å². The van der Waals surface area contributed by atoms with Crippen molar-refractivity contribution in [1.82, 2.24) is 4.98 Å². The van der Waals surface area contributed by atoms with Gasteiger partial charge in [0.1, 0.15) is 17.6 Å². The van der Waals surface area contributed by atoms with Gasteiger partial charge in [-0.2, -0.15) is 0 Å². The summed E-state index contributed by atoms with van der Waals surface area (Å²) in [5.74, 6) is -1.36. The zero-order valence-corrected chi connectivity index (χ0v) is 20.7. The van der Waals surface area contributed by atoms with Crippen LogP contribution >= 0.6 is 23.8 Å². The smallest absolute Gasteiger partial charge is 0.272 e. The fourth-order valence-corrected chi connectivity index (χ4v) is 5.23. The van der Waals surface area contributed by atoms with Gasteiger partial charge in [0, 0.05) is 5.69 Å². The first-order valence-corrected chi connectivity index (χ1v) is 11.9. The molecule has 1 aromatic heterocycles. The molecule has 5 rings (SSSR count). The Morgan fingerprint density at radius 2 is 1.97 bits per heavy atom. The van der Waals surface area contributed by atoms with E-state index in [1.54, 1.807) is 48.2 Å². The Morgan fingerprint density at radius 3 is 2.58 bits per heavy atom. The predicted molar refractivity (Wildman–Crippen MR) is 140 cm³/mol. The third-order valence-electron chi connectivity index (χ3n) is 6.57. The maximum absolute atomic E-state index is 15.2. The minimum Gasteiger partial charge on any atom is -0.360 e. The van der Waals surface area contributed by atoms with Crippen LogP contribution in [-0.4, -0.2) is 27.4 Å². The van der Waals surface area contributed by atoms with Crippen molar-refractivity contribution in [2.24, 2.45) is 0 Å². The molecule has 2 aromatic carbocycles. The Morgan fingerprint density at radius 1 is 1.22 bits per heavy atom. The molecule has 0 unspecified atom stereocenters. The molecule has 36 heavy (non-hydrogen) atoms. The number of para-hydroxylation sites is 1. The number of anilines is 3. The average Bonchev–Trinajstić information content (AvgIpc) is 3.07. The molecule has 3 aromatic rings. The van der Waals surface area contributed by atoms with Crippen molar-refractivity contribution in [3.63, 3.8) is 0 Å². The van der Waals surface area contributed by atoms with Gasteiger partial charge in [-0.25, -0.2) is 4.39 Å². The van der Waals surface area contributed by atoms with Gasteiger partial charge in [0.25, 0.3) is 17.6 Å². The second kappa shape index (κ2) is 8.97. The lowest BCUT2D eigenvalue weighted by molar-refractivity contribution is -0.123. The van der Waals surface area contributed by atoms with Crippen molar-refractivity contribution >= 4 is 63.6 Å². The van der Waals surface area contributed by atoms with Crippen LogP contribution in [0.3, 0.4) is 0 Å². The van der Waals surface area contributed by atoms with Gasteiger partial charge in [-0.1, -0.05) is 30.3 Å². The van der Waals surface area contributed by atoms with Crippen molar-refractivity contribution in [2.75, 3.05) is 15.1 Å². The number of aromatic nitrogens is 1. The van der Waals surface area contributed by atoms with Crippen molar-refractivity contribution in [3.8, 4) is 0 Å². The monoisotopic (exact) mass is 519 g/mol. The van der Waals surface area contributed by atoms with Crippen molar-refractivity contribution in [1.29, 1.82) is 0 Å². The second-order valence-electron chi connectivity index (χ2n) is 8.69. The molecule has 0 atom stereocenters. The van der Waals surface area contributed by atoms with Crippen LogP contribution in [0.25, 0.3) is 4.85 Å². The molecule has 2 amide bonds. The van der Waals surface area contributed by atoms with E-state index >= 15 is 4.39 Å². The number of carbonyl (C=O) groups excluding carboxylic acids is 2. The van der Waals surface area contributed by atoms with Crippen molar-refractivity contribution in [3.05, 3.63) is 88.1 Å². The van der Waals surface area contributed by atoms with Gasteiger partial charge >= 0.3 is 0 Å². The van der Waals surface area contributed by atoms with E-state index in [0.717, 1.165) is 6.42 Å². The van der Waals surface area contributed by atoms with Crippen LogP contribution in [0.1, 0.15) is 35.2 Å². The number of rotatable bonds is 4. The molecule has 2 aliphatic rings. The number of halogens is 2. The van der Waals surface area contributed by atoms with E-state index in [1.165, 1.54) is 23.2 Å². The summed E-state index contributed by atoms with van der Waals surface area (Å²) < 4.78 is 15.2. The molecular formula is C26H19ClFN5O2S. The summed E-state index contributed by atoms with van der Waals surface area (Å²) in [6.45, 7) is 8.95. The molecular weight excluding hydrogens is 501 g/mol. The molecule has 180 valence electrons. The largest absolute Gasteiger partial charge is 0.360 e. The lowest BCUT2D eigenvalue weighted by Gasteiger charge is -2.43. The highest BCUT2D eigenvalue weighted by Gasteiger charge is 2.59. The number of amides is 2. The summed E-state index contributed by atoms with van der Waals surface area (Å²) in [5.41, 5.74) is 0.751. The fraction of sp³-hybridized carbons (Fsp3) is 0.192. The first kappa shape index (κ1) is 23.9. The van der Waals surface area contributed by atoms with Crippen LogP contribution in [0.5, 0.6) is 0 Å². The minimum atomic E-state index is -0.919. The van der Waals surface area contributed by atoms with Crippen LogP contribution in [0.2, 0.25) is 5.02 Å². The maximum Gasteiger partial charge on any atom is 0.272 e. The summed E-state index contributed by atoms with van der Waals surface area (Å²) in [5, 5.41) is 3.15. The normalized spacial score (nSPS) is 16.2. The number of thiocarbonyl (C=S) groups is 1. The zero-order chi connectivity index (χ0) is 25.6. The fourth-order valence-electron chi connectivity index (χ4n) is 4.58. The Kier molecular flexibility index (Phi) is 5.94. The first-order chi connectivity index (χ1) is 17.3. The van der Waals surface area contributed by atoms with E-state index in [0.29, 0.717) is 40.5 Å². The zero-order valence-electron chi connectivity index (χ0n) is 19.1. The number of benzene rings is 2. The van der Waals surface area contributed by atoms with Crippen LogP contribution in [-0.2, 0) is 4.79 Å². The first-order valence-electron chi connectivity index (χ1n) is 11.1. The van der Waals surface area contributed by atoms with Crippen LogP contribution < -0.4 is 15.1 Å². The topological polar surface area (TPSA) is 69.9 Å². The molecule has 1 spiro atoms. The maximum atomic E-state index is 15.2. The second-order valence-corrected chi connectivity index (χ2v) is 9.46. The predicted octanol–water partition coefficient (Wildman–Crippen LogP) is 6.05. The van der Waals surface area contributed by atoms with Gasteiger partial charge in [-0.05, 0) is 80.4 Å². The summed E-state index contributed by atoms with van der Waals surface area (Å²) in [6.07, 6.45) is 3.40. The van der Waals surface area contributed by atoms with Crippen LogP contribution in [0.4, 0.5) is 27.3 Å². The molecule has 1 saturated carbocycles. The van der Waals surface area contributed by atoms with Gasteiger partial charge < -0.3 is 15.1 Å². The molecule has 1 N–H and O–H groups in total. The molecule has 1 saturated heterocycles. The van der Waals surface area contributed by atoms with E-state index in [-0.39, 0.29) is 22.4 Å². The molecule has 2 fully saturated rings. The number of nitrogens with zero attached hydrogens (tertiary/aromatic N) is 4. The van der Waals surface area contributed by atoms with Crippen molar-refractivity contribution < 1.29 is 14.0 Å². The Balaban J connectivity index is 1.48. The number of pyridine rings is 1. The summed E-state index contributed by atoms with van der Waals surface area (Å²) in [4.78, 5) is 36.9. The lowest BCUT2D eigenvalue weighted by Crippen LogP contribution is -2.55. The van der Waals surface area contributed by atoms with E-state index < -0.39 is 17.3 Å². The summed E-state index contributed by atoms with van der Waals surface area (Å²) >= 11 is 11.8. The Bertz CT molecular complexity index is 1480. The van der Waals surface area contributed by atoms with Crippen molar-refractivity contribution in [2.45, 2.75) is 31.7 Å². The summed E-state index contributed by atoms with van der Waals surface area (Å²) in [7, 11) is 0. The van der Waals surface area contributed by atoms with E-state index in [4.69, 9.17) is 30.4 Å². The van der Waals surface area contributed by atoms with Crippen LogP contribution in [0, 0.1) is 19.3 Å². The molecule has 2 heterocycles. The number of nitrogens with one attached hydrogen (secondary N) is 1. The quantitative estimate of drug-likeness (QED) is 0.336. The number of aryl methyl sites for hydroxylation is 1. The van der Waals surface area contributed by atoms with E-state index in [9.17, 15) is 9.59 Å². The highest BCUT2D eigenvalue weighted by atomic mass is 35.5. The standard InChI is InChI=1S/C26H19ClFN5O2S/c1-15-12-17(14-30-22(15)29-2)32-24(35)26(10-5-11-26)33(25(32)36)16-8-9-18(20(28)13-16)23(34)31-21-7-4-3-6-19(21)27/h3-4,6-9,12-14H,5,10-11H2,1H3,(H,31,34). The minimum absolute atomic E-state index is 0.163. The van der Waals surface area contributed by atoms with Gasteiger partial charge in [0.2, 0.25) is 0 Å².